The molecule has 0 unspecified atom stereocenters. The summed E-state index contributed by atoms with van der Waals surface area (Å²) >= 11 is 40.0. The summed E-state index contributed by atoms with van der Waals surface area (Å²) in [5.74, 6) is -6.96. The minimum Gasteiger partial charge on any atom is -0.506 e. The van der Waals surface area contributed by atoms with Crippen LogP contribution in [0.25, 0.3) is 0 Å². The van der Waals surface area contributed by atoms with Crippen molar-refractivity contribution in [2.75, 3.05) is 0 Å². The predicted molar refractivity (Wildman–Crippen MR) is 435 cm³/mol. The molecule has 6 N–H and O–H groups in total. The van der Waals surface area contributed by atoms with E-state index in [1.807, 2.05) is 0 Å². The highest BCUT2D eigenvalue weighted by Crippen LogP contribution is 2.39. The fourth-order valence-electron chi connectivity index (χ4n) is 10.1. The maximum Gasteiger partial charge on any atom is 0.338 e. The average molecular weight is 2240 g/mol. The van der Waals surface area contributed by atoms with Gasteiger partial charge in [-0.25, -0.2) is 28.8 Å². The minimum absolute atomic E-state index is 0.0563. The predicted octanol–water partition coefficient (Wildman–Crippen LogP) is 21.9. The smallest absolute Gasteiger partial charge is 0.338 e. The van der Waals surface area contributed by atoms with Gasteiger partial charge in [-0.3, -0.25) is 0 Å². The van der Waals surface area contributed by atoms with Gasteiger partial charge >= 0.3 is 35.8 Å². The molecule has 0 aromatic heterocycles. The van der Waals surface area contributed by atoms with Gasteiger partial charge in [0.15, 0.2) is 0 Å². The molecule has 10 aromatic rings. The van der Waals surface area contributed by atoms with Gasteiger partial charge in [-0.15, -0.1) is 0 Å². The molecule has 0 saturated heterocycles. The minimum atomic E-state index is -0.942. The van der Waals surface area contributed by atoms with Gasteiger partial charge in [0, 0.05) is 60.2 Å². The number of ether oxygens (including phenoxy) is 9. The lowest BCUT2D eigenvalue weighted by molar-refractivity contribution is 0.0449. The third-order valence-corrected chi connectivity index (χ3v) is 21.6. The number of phenolic OH excluding ortho intramolecular Hbond substituents is 6. The van der Waals surface area contributed by atoms with Crippen LogP contribution in [-0.2, 0) is 87.9 Å². The zero-order chi connectivity index (χ0) is 77.9. The first-order valence-corrected chi connectivity index (χ1v) is 40.3. The zero-order valence-corrected chi connectivity index (χ0v) is 73.6. The first-order chi connectivity index (χ1) is 51.3. The van der Waals surface area contributed by atoms with Crippen molar-refractivity contribution in [3.05, 3.63) is 283 Å². The SMILES string of the molecule is O=C(OCc1cc(Br)cc(Br)c1O)c1cc(OCc2cc(COc3cc(C(=O)OCc4cc(Br)cc(Br)c4O)cc(C(=O)OCc4cc(Br)cc(Br)c4O)c3)cc(COc3cc(C(=O)OCc4cc(Br)cc(Br)c4O)cc(C(=O)OCc4cc(Br)cc(Br)c4O)c3)c2)cc(C(=O)OCc2cc(Br)cc(Br)c2O)c1. The Morgan fingerprint density at radius 3 is 0.528 bits per heavy atom. The lowest BCUT2D eigenvalue weighted by Gasteiger charge is -2.16. The van der Waals surface area contributed by atoms with Gasteiger partial charge in [0.1, 0.15) is 111 Å². The molecule has 33 heteroatoms. The van der Waals surface area contributed by atoms with Gasteiger partial charge < -0.3 is 73.3 Å². The van der Waals surface area contributed by atoms with Crippen LogP contribution < -0.4 is 14.2 Å². The zero-order valence-electron chi connectivity index (χ0n) is 54.6. The summed E-state index contributed by atoms with van der Waals surface area (Å²) in [6.07, 6.45) is 0. The van der Waals surface area contributed by atoms with E-state index in [-0.39, 0.29) is 138 Å². The normalized spacial score (nSPS) is 11.0. The van der Waals surface area contributed by atoms with Crippen LogP contribution in [0.2, 0.25) is 0 Å². The molecule has 558 valence electrons. The molecule has 0 bridgehead atoms. The van der Waals surface area contributed by atoms with Crippen LogP contribution in [0.15, 0.2) is 199 Å². The molecule has 21 nitrogen and oxygen atoms in total. The topological polar surface area (TPSA) is 307 Å². The maximum absolute atomic E-state index is 14.0. The quantitative estimate of drug-likeness (QED) is 0.0206. The monoisotopic (exact) mass is 2230 g/mol. The van der Waals surface area contributed by atoms with E-state index in [0.717, 1.165) is 0 Å². The Labute approximate surface area is 715 Å². The Balaban J connectivity index is 1.00. The number of rotatable bonds is 27. The van der Waals surface area contributed by atoms with E-state index in [1.54, 1.807) is 91.0 Å². The molecule has 108 heavy (non-hydrogen) atoms. The second kappa shape index (κ2) is 37.8. The van der Waals surface area contributed by atoms with Crippen molar-refractivity contribution in [1.82, 2.24) is 0 Å². The van der Waals surface area contributed by atoms with Gasteiger partial charge in [-0.1, -0.05) is 95.6 Å². The number of aromatic hydroxyl groups is 6. The van der Waals surface area contributed by atoms with Crippen molar-refractivity contribution in [3.63, 3.8) is 0 Å². The summed E-state index contributed by atoms with van der Waals surface area (Å²) in [5.41, 5.74) is 1.45. The van der Waals surface area contributed by atoms with Gasteiger partial charge in [0.05, 0.1) is 60.2 Å². The summed E-state index contributed by atoms with van der Waals surface area (Å²) in [6.45, 7) is -3.47. The summed E-state index contributed by atoms with van der Waals surface area (Å²) in [6, 6.07) is 35.4. The molecule has 0 saturated carbocycles. The first-order valence-electron chi connectivity index (χ1n) is 30.8. The van der Waals surface area contributed by atoms with E-state index < -0.39 is 75.5 Å². The Kier molecular flexibility index (Phi) is 29.2. The van der Waals surface area contributed by atoms with Crippen molar-refractivity contribution in [1.29, 1.82) is 0 Å². The van der Waals surface area contributed by atoms with Crippen molar-refractivity contribution in [2.45, 2.75) is 59.5 Å². The van der Waals surface area contributed by atoms with Crippen LogP contribution in [0.4, 0.5) is 0 Å². The van der Waals surface area contributed by atoms with E-state index in [4.69, 9.17) is 42.6 Å². The number of halogens is 12. The lowest BCUT2D eigenvalue weighted by atomic mass is 10.1. The molecule has 10 aromatic carbocycles. The fourth-order valence-corrected chi connectivity index (χ4v) is 18.0. The van der Waals surface area contributed by atoms with E-state index in [1.165, 1.54) is 54.6 Å². The number of esters is 6. The number of carbonyl (C=O) groups excluding carboxylic acids is 6. The van der Waals surface area contributed by atoms with Crippen LogP contribution in [0, 0.1) is 0 Å². The van der Waals surface area contributed by atoms with Crippen LogP contribution >= 0.6 is 191 Å². The highest BCUT2D eigenvalue weighted by atomic mass is 79.9. The Morgan fingerprint density at radius 2 is 0.370 bits per heavy atom. The number of carbonyl (C=O) groups is 6. The summed E-state index contributed by atoms with van der Waals surface area (Å²) in [4.78, 5) is 84.3. The fraction of sp³-hybridized carbons (Fsp3) is 0.120. The average Bonchev–Trinajstić information content (AvgIpc) is 0.822. The Hall–Kier alpha value is -7.02. The van der Waals surface area contributed by atoms with Crippen LogP contribution in [-0.4, -0.2) is 66.5 Å². The second-order valence-electron chi connectivity index (χ2n) is 23.1. The number of hydrogen-bond acceptors (Lipinski definition) is 21. The molecule has 0 radical (unpaired) electrons. The maximum atomic E-state index is 14.0. The van der Waals surface area contributed by atoms with Crippen LogP contribution in [0.5, 0.6) is 51.7 Å². The number of phenols is 6. The first kappa shape index (κ1) is 83.5. The molecule has 0 fully saturated rings. The number of benzene rings is 10. The van der Waals surface area contributed by atoms with E-state index >= 15 is 0 Å². The third kappa shape index (κ3) is 22.4. The Morgan fingerprint density at radius 1 is 0.213 bits per heavy atom. The van der Waals surface area contributed by atoms with Crippen molar-refractivity contribution in [3.8, 4) is 51.7 Å². The molecule has 0 heterocycles. The molecule has 0 aliphatic heterocycles. The van der Waals surface area contributed by atoms with E-state index in [2.05, 4.69) is 191 Å². The Bertz CT molecular complexity index is 4440. The molecular formula is C75H48Br12O21. The van der Waals surface area contributed by atoms with Crippen molar-refractivity contribution in [2.24, 2.45) is 0 Å². The summed E-state index contributed by atoms with van der Waals surface area (Å²) < 4.78 is 58.5. The van der Waals surface area contributed by atoms with Crippen molar-refractivity contribution < 1.29 is 102 Å². The summed E-state index contributed by atoms with van der Waals surface area (Å²) in [7, 11) is 0. The largest absolute Gasteiger partial charge is 0.506 e. The molecule has 10 rings (SSSR count). The highest BCUT2D eigenvalue weighted by molar-refractivity contribution is 9.12. The second-order valence-corrected chi connectivity index (χ2v) is 33.7. The van der Waals surface area contributed by atoms with E-state index in [0.29, 0.717) is 70.4 Å². The van der Waals surface area contributed by atoms with Crippen molar-refractivity contribution >= 4 is 227 Å². The summed E-state index contributed by atoms with van der Waals surface area (Å²) in [5, 5.41) is 64.8. The lowest BCUT2D eigenvalue weighted by Crippen LogP contribution is -2.11. The van der Waals surface area contributed by atoms with Gasteiger partial charge in [0.25, 0.3) is 0 Å². The van der Waals surface area contributed by atoms with Gasteiger partial charge in [0.2, 0.25) is 0 Å². The van der Waals surface area contributed by atoms with Crippen LogP contribution in [0.3, 0.4) is 0 Å². The molecule has 0 amide bonds. The molecule has 0 spiro atoms. The van der Waals surface area contributed by atoms with Gasteiger partial charge in [-0.05, 0) is 258 Å². The molecule has 0 aliphatic rings. The molecular weight excluding hydrogens is 2200 g/mol. The number of hydrogen-bond donors (Lipinski definition) is 6. The van der Waals surface area contributed by atoms with Crippen LogP contribution in [0.1, 0.15) is 112 Å². The molecule has 0 aliphatic carbocycles. The standard InChI is InChI=1S/C75H48Br12O21/c76-49-7-43(64(88)58(82)19-49)28-103-70(94)37-4-38(71(95)104-29-44-8-50(77)20-59(83)65(44)89)14-55(13-37)100-25-34-1-35(26-101-56-15-39(72(96)105-30-45-9-51(78)21-60(84)66(45)90)5-40(16-56)73(97)106-31-46-10-52(79)22-61(85)67(46)91)3-36(2-34)27-102-57-17-41(74(98)107-32-47-11-53(80)23-62(86)68(47)92)6-42(18-57)75(99)108-33-48-12-54(81)24-63(87)69(48)93/h1-24,88-93H,25-33H2. The van der Waals surface area contributed by atoms with E-state index in [9.17, 15) is 59.4 Å². The molecule has 0 atom stereocenters. The van der Waals surface area contributed by atoms with Gasteiger partial charge in [-0.2, -0.15) is 0 Å². The highest BCUT2D eigenvalue weighted by Gasteiger charge is 2.25. The third-order valence-electron chi connectivity index (χ3n) is 15.3.